The van der Waals surface area contributed by atoms with E-state index in [4.69, 9.17) is 0 Å². The topological polar surface area (TPSA) is 40.5 Å². The molecular formula is C37H56O2. The van der Waals surface area contributed by atoms with Gasteiger partial charge in [-0.3, -0.25) is 0 Å². The number of phenolic OH excluding ortho intramolecular Hbond substituents is 2. The largest absolute Gasteiger partial charge is 0.508 e. The number of allylic oxidation sites excluding steroid dienone is 12. The van der Waals surface area contributed by atoms with Crippen LogP contribution < -0.4 is 0 Å². The lowest BCUT2D eigenvalue weighted by molar-refractivity contribution is 0.436. The number of aromatic hydroxyl groups is 2. The van der Waals surface area contributed by atoms with Gasteiger partial charge in [-0.05, 0) is 138 Å². The van der Waals surface area contributed by atoms with Gasteiger partial charge in [0, 0.05) is 11.1 Å². The first-order valence-corrected chi connectivity index (χ1v) is 14.8. The van der Waals surface area contributed by atoms with Crippen molar-refractivity contribution in [1.29, 1.82) is 0 Å². The fourth-order valence-electron chi connectivity index (χ4n) is 4.56. The molecule has 0 aliphatic heterocycles. The summed E-state index contributed by atoms with van der Waals surface area (Å²) in [4.78, 5) is 0. The Morgan fingerprint density at radius 1 is 0.538 bits per heavy atom. The summed E-state index contributed by atoms with van der Waals surface area (Å²) in [6.07, 6.45) is 23.4. The highest BCUT2D eigenvalue weighted by atomic mass is 16.3. The molecular weight excluding hydrogens is 476 g/mol. The Kier molecular flexibility index (Phi) is 16.3. The second-order valence-electron chi connectivity index (χ2n) is 11.8. The summed E-state index contributed by atoms with van der Waals surface area (Å²) in [5.41, 5.74) is 10.7. The molecule has 0 spiro atoms. The predicted octanol–water partition coefficient (Wildman–Crippen LogP) is 11.3. The smallest absolute Gasteiger partial charge is 0.126 e. The minimum absolute atomic E-state index is 0.183. The monoisotopic (exact) mass is 532 g/mol. The van der Waals surface area contributed by atoms with E-state index in [0.29, 0.717) is 18.4 Å². The van der Waals surface area contributed by atoms with Crippen molar-refractivity contribution in [3.05, 3.63) is 92.7 Å². The van der Waals surface area contributed by atoms with Crippen molar-refractivity contribution in [3.8, 4) is 11.5 Å². The molecule has 0 bridgehead atoms. The Hall–Kier alpha value is -2.74. The number of hydrogen-bond donors (Lipinski definition) is 2. The summed E-state index contributed by atoms with van der Waals surface area (Å²) in [6, 6.07) is 1.80. The van der Waals surface area contributed by atoms with Crippen molar-refractivity contribution in [2.45, 2.75) is 127 Å². The summed E-state index contributed by atoms with van der Waals surface area (Å²) in [5.74, 6) is 0.424. The molecule has 0 saturated heterocycles. The quantitative estimate of drug-likeness (QED) is 0.208. The summed E-state index contributed by atoms with van der Waals surface area (Å²) >= 11 is 0. The maximum atomic E-state index is 11.1. The highest BCUT2D eigenvalue weighted by Gasteiger charge is 2.14. The van der Waals surface area contributed by atoms with E-state index in [1.165, 1.54) is 33.4 Å². The molecule has 0 heterocycles. The summed E-state index contributed by atoms with van der Waals surface area (Å²) in [7, 11) is 0. The number of phenols is 2. The van der Waals surface area contributed by atoms with Crippen LogP contribution in [0.2, 0.25) is 0 Å². The lowest BCUT2D eigenvalue weighted by Crippen LogP contribution is -1.96. The standard InChI is InChI=1S/C37H56O2/c1-27(2)14-10-16-29(5)18-12-20-31(7)22-24-34-33(9)26-36(38)35(37(34)39)25-23-32(8)21-13-19-30(6)17-11-15-28(3)4/h14-15,18-19,22-23,26,38-39H,10-13,16-17,20-21,24-25H2,1-9H3. The van der Waals surface area contributed by atoms with Crippen molar-refractivity contribution in [2.75, 3.05) is 0 Å². The minimum Gasteiger partial charge on any atom is -0.508 e. The first kappa shape index (κ1) is 34.3. The van der Waals surface area contributed by atoms with Gasteiger partial charge >= 0.3 is 0 Å². The van der Waals surface area contributed by atoms with Crippen LogP contribution in [-0.2, 0) is 12.8 Å². The highest BCUT2D eigenvalue weighted by Crippen LogP contribution is 2.35. The van der Waals surface area contributed by atoms with E-state index in [1.807, 2.05) is 6.92 Å². The predicted molar refractivity (Wildman–Crippen MR) is 173 cm³/mol. The van der Waals surface area contributed by atoms with Gasteiger partial charge in [-0.2, -0.15) is 0 Å². The van der Waals surface area contributed by atoms with Gasteiger partial charge in [-0.25, -0.2) is 0 Å². The molecule has 0 aliphatic rings. The summed E-state index contributed by atoms with van der Waals surface area (Å²) in [6.45, 7) is 19.3. The molecule has 0 fully saturated rings. The lowest BCUT2D eigenvalue weighted by Gasteiger charge is -2.14. The molecule has 0 aliphatic carbocycles. The second kappa shape index (κ2) is 18.5. The van der Waals surface area contributed by atoms with Crippen molar-refractivity contribution in [1.82, 2.24) is 0 Å². The normalized spacial score (nSPS) is 13.1. The number of rotatable bonds is 16. The SMILES string of the molecule is CC(C)=CCCC(C)=CCCC(C)=CCc1c(C)cc(O)c(CC=C(C)CCC=C(C)CCC=C(C)C)c1O. The van der Waals surface area contributed by atoms with Gasteiger partial charge in [-0.15, -0.1) is 0 Å². The lowest BCUT2D eigenvalue weighted by atomic mass is 9.95. The summed E-state index contributed by atoms with van der Waals surface area (Å²) < 4.78 is 0. The molecule has 0 aromatic heterocycles. The Morgan fingerprint density at radius 3 is 1.31 bits per heavy atom. The van der Waals surface area contributed by atoms with Crippen LogP contribution in [0.3, 0.4) is 0 Å². The first-order chi connectivity index (χ1) is 18.4. The van der Waals surface area contributed by atoms with E-state index in [1.54, 1.807) is 6.07 Å². The van der Waals surface area contributed by atoms with Gasteiger partial charge in [0.25, 0.3) is 0 Å². The average Bonchev–Trinajstić information content (AvgIpc) is 2.83. The fraction of sp³-hybridized carbons (Fsp3) is 0.514. The number of hydrogen-bond acceptors (Lipinski definition) is 2. The Balaban J connectivity index is 2.74. The number of aryl methyl sites for hydroxylation is 1. The second-order valence-corrected chi connectivity index (χ2v) is 11.8. The Morgan fingerprint density at radius 2 is 0.897 bits per heavy atom. The zero-order chi connectivity index (χ0) is 29.4. The van der Waals surface area contributed by atoms with Crippen molar-refractivity contribution >= 4 is 0 Å². The van der Waals surface area contributed by atoms with Crippen LogP contribution in [0.5, 0.6) is 11.5 Å². The Bertz CT molecular complexity index is 1010. The molecule has 1 aromatic carbocycles. The molecule has 216 valence electrons. The number of benzene rings is 1. The van der Waals surface area contributed by atoms with Crippen molar-refractivity contribution in [2.24, 2.45) is 0 Å². The molecule has 0 unspecified atom stereocenters. The van der Waals surface area contributed by atoms with Crippen molar-refractivity contribution in [3.63, 3.8) is 0 Å². The van der Waals surface area contributed by atoms with Crippen LogP contribution in [-0.4, -0.2) is 10.2 Å². The van der Waals surface area contributed by atoms with Crippen molar-refractivity contribution < 1.29 is 10.2 Å². The fourth-order valence-corrected chi connectivity index (χ4v) is 4.56. The van der Waals surface area contributed by atoms with E-state index in [9.17, 15) is 10.2 Å². The van der Waals surface area contributed by atoms with Gasteiger partial charge < -0.3 is 10.2 Å². The van der Waals surface area contributed by atoms with E-state index in [-0.39, 0.29) is 11.5 Å². The van der Waals surface area contributed by atoms with E-state index in [0.717, 1.165) is 62.5 Å². The third-order valence-electron chi connectivity index (χ3n) is 7.26. The van der Waals surface area contributed by atoms with Crippen LogP contribution in [0.1, 0.15) is 123 Å². The average molecular weight is 533 g/mol. The molecule has 2 nitrogen and oxygen atoms in total. The molecule has 0 amide bonds. The van der Waals surface area contributed by atoms with Crippen LogP contribution in [0.25, 0.3) is 0 Å². The third-order valence-corrected chi connectivity index (χ3v) is 7.26. The molecule has 39 heavy (non-hydrogen) atoms. The highest BCUT2D eigenvalue weighted by molar-refractivity contribution is 5.54. The van der Waals surface area contributed by atoms with Crippen LogP contribution in [0.4, 0.5) is 0 Å². The molecule has 1 rings (SSSR count). The maximum absolute atomic E-state index is 11.1. The van der Waals surface area contributed by atoms with Crippen LogP contribution in [0.15, 0.2) is 76.0 Å². The molecule has 2 heteroatoms. The van der Waals surface area contributed by atoms with Crippen LogP contribution in [0, 0.1) is 6.92 Å². The van der Waals surface area contributed by atoms with Gasteiger partial charge in [0.2, 0.25) is 0 Å². The molecule has 2 N–H and O–H groups in total. The zero-order valence-electron chi connectivity index (χ0n) is 26.5. The maximum Gasteiger partial charge on any atom is 0.126 e. The van der Waals surface area contributed by atoms with E-state index < -0.39 is 0 Å². The van der Waals surface area contributed by atoms with E-state index in [2.05, 4.69) is 91.8 Å². The Labute approximate surface area is 240 Å². The third kappa shape index (κ3) is 14.8. The van der Waals surface area contributed by atoms with Gasteiger partial charge in [0.15, 0.2) is 0 Å². The first-order valence-electron chi connectivity index (χ1n) is 14.8. The van der Waals surface area contributed by atoms with E-state index >= 15 is 0 Å². The molecule has 0 saturated carbocycles. The van der Waals surface area contributed by atoms with Gasteiger partial charge in [0.1, 0.15) is 11.5 Å². The zero-order valence-corrected chi connectivity index (χ0v) is 26.5. The summed E-state index contributed by atoms with van der Waals surface area (Å²) in [5, 5.41) is 21.7. The molecule has 0 atom stereocenters. The molecule has 1 aromatic rings. The minimum atomic E-state index is 0.183. The van der Waals surface area contributed by atoms with Crippen LogP contribution >= 0.6 is 0 Å². The molecule has 0 radical (unpaired) electrons. The van der Waals surface area contributed by atoms with Gasteiger partial charge in [0.05, 0.1) is 0 Å². The van der Waals surface area contributed by atoms with Gasteiger partial charge in [-0.1, -0.05) is 69.9 Å².